The number of amides is 1. The first-order chi connectivity index (χ1) is 8.54. The topological polar surface area (TPSA) is 96.9 Å². The van der Waals surface area contributed by atoms with Crippen molar-refractivity contribution in [2.24, 2.45) is 22.7 Å². The zero-order valence-electron chi connectivity index (χ0n) is 11.5. The fourth-order valence-corrected chi connectivity index (χ4v) is 1.71. The lowest BCUT2D eigenvalue weighted by atomic mass is 9.94. The van der Waals surface area contributed by atoms with Gasteiger partial charge in [0.15, 0.2) is 5.84 Å². The average molecular weight is 259 g/mol. The average Bonchev–Trinajstić information content (AvgIpc) is 2.33. The molecule has 0 aliphatic heterocycles. The van der Waals surface area contributed by atoms with E-state index >= 15 is 0 Å². The summed E-state index contributed by atoms with van der Waals surface area (Å²) < 4.78 is 4.94. The fraction of sp³-hybridized carbons (Fsp3) is 0.833. The lowest BCUT2D eigenvalue weighted by Gasteiger charge is -2.18. The molecule has 0 aromatic carbocycles. The van der Waals surface area contributed by atoms with E-state index in [0.717, 1.165) is 25.9 Å². The minimum absolute atomic E-state index is 0.00519. The van der Waals surface area contributed by atoms with Gasteiger partial charge in [-0.2, -0.15) is 0 Å². The summed E-state index contributed by atoms with van der Waals surface area (Å²) in [4.78, 5) is 11.9. The summed E-state index contributed by atoms with van der Waals surface area (Å²) in [6.07, 6.45) is 2.89. The molecule has 4 N–H and O–H groups in total. The highest BCUT2D eigenvalue weighted by molar-refractivity contribution is 6.02. The van der Waals surface area contributed by atoms with Gasteiger partial charge in [-0.15, -0.1) is 0 Å². The molecule has 0 radical (unpaired) electrons. The highest BCUT2D eigenvalue weighted by atomic mass is 16.5. The summed E-state index contributed by atoms with van der Waals surface area (Å²) in [7, 11) is 1.67. The maximum atomic E-state index is 11.9. The number of nitrogens with zero attached hydrogens (tertiary/aromatic N) is 1. The van der Waals surface area contributed by atoms with Crippen molar-refractivity contribution >= 4 is 11.7 Å². The number of carbonyl (C=O) groups is 1. The van der Waals surface area contributed by atoms with Gasteiger partial charge < -0.3 is 21.0 Å². The Labute approximate surface area is 109 Å². The third-order valence-corrected chi connectivity index (χ3v) is 2.71. The lowest BCUT2D eigenvalue weighted by molar-refractivity contribution is -0.124. The number of nitrogens with two attached hydrogens (primary N) is 1. The molecule has 0 aliphatic carbocycles. The third-order valence-electron chi connectivity index (χ3n) is 2.71. The largest absolute Gasteiger partial charge is 0.409 e. The number of carbonyl (C=O) groups excluding carboxylic acids is 1. The molecule has 1 unspecified atom stereocenters. The van der Waals surface area contributed by atoms with Gasteiger partial charge in [0.2, 0.25) is 5.91 Å². The van der Waals surface area contributed by atoms with Crippen LogP contribution in [0.25, 0.3) is 0 Å². The van der Waals surface area contributed by atoms with Gasteiger partial charge in [0.1, 0.15) is 5.92 Å². The SMILES string of the molecule is COCCCCCNC(=O)C(C(N)=NO)C(C)C. The van der Waals surface area contributed by atoms with Crippen molar-refractivity contribution in [3.05, 3.63) is 0 Å². The molecule has 18 heavy (non-hydrogen) atoms. The van der Waals surface area contributed by atoms with E-state index < -0.39 is 5.92 Å². The first kappa shape index (κ1) is 16.7. The Balaban J connectivity index is 3.98. The van der Waals surface area contributed by atoms with E-state index in [4.69, 9.17) is 15.7 Å². The number of rotatable bonds is 9. The van der Waals surface area contributed by atoms with Crippen LogP contribution >= 0.6 is 0 Å². The van der Waals surface area contributed by atoms with Crippen LogP contribution in [0.15, 0.2) is 5.16 Å². The van der Waals surface area contributed by atoms with Gasteiger partial charge >= 0.3 is 0 Å². The number of amidine groups is 1. The Morgan fingerprint density at radius 2 is 2.06 bits per heavy atom. The Morgan fingerprint density at radius 1 is 1.39 bits per heavy atom. The molecule has 106 valence electrons. The first-order valence-electron chi connectivity index (χ1n) is 6.28. The summed E-state index contributed by atoms with van der Waals surface area (Å²) >= 11 is 0. The van der Waals surface area contributed by atoms with Crippen molar-refractivity contribution in [3.8, 4) is 0 Å². The minimum Gasteiger partial charge on any atom is -0.409 e. The van der Waals surface area contributed by atoms with Gasteiger partial charge in [0.25, 0.3) is 0 Å². The second kappa shape index (κ2) is 9.70. The predicted molar refractivity (Wildman–Crippen MR) is 70.5 cm³/mol. The molecular weight excluding hydrogens is 234 g/mol. The van der Waals surface area contributed by atoms with Crippen molar-refractivity contribution in [2.75, 3.05) is 20.3 Å². The Morgan fingerprint density at radius 3 is 2.56 bits per heavy atom. The molecular formula is C12H25N3O3. The third kappa shape index (κ3) is 6.44. The summed E-state index contributed by atoms with van der Waals surface area (Å²) in [5.74, 6) is -0.808. The minimum atomic E-state index is -0.575. The number of unbranched alkanes of at least 4 members (excludes halogenated alkanes) is 2. The number of oxime groups is 1. The van der Waals surface area contributed by atoms with Gasteiger partial charge in [-0.3, -0.25) is 4.79 Å². The van der Waals surface area contributed by atoms with Crippen molar-refractivity contribution in [1.29, 1.82) is 0 Å². The molecule has 0 rings (SSSR count). The summed E-state index contributed by atoms with van der Waals surface area (Å²) in [6.45, 7) is 5.07. The second-order valence-electron chi connectivity index (χ2n) is 4.59. The molecule has 1 atom stereocenters. The second-order valence-corrected chi connectivity index (χ2v) is 4.59. The zero-order valence-corrected chi connectivity index (χ0v) is 11.5. The van der Waals surface area contributed by atoms with Crippen LogP contribution in [0.2, 0.25) is 0 Å². The number of ether oxygens (including phenoxy) is 1. The quantitative estimate of drug-likeness (QED) is 0.189. The number of nitrogens with one attached hydrogen (secondary N) is 1. The molecule has 0 spiro atoms. The molecule has 6 nitrogen and oxygen atoms in total. The highest BCUT2D eigenvalue weighted by Crippen LogP contribution is 2.11. The van der Waals surface area contributed by atoms with Gasteiger partial charge in [-0.25, -0.2) is 0 Å². The molecule has 0 bridgehead atoms. The van der Waals surface area contributed by atoms with Crippen LogP contribution in [-0.2, 0) is 9.53 Å². The Hall–Kier alpha value is -1.30. The zero-order chi connectivity index (χ0) is 14.0. The summed E-state index contributed by atoms with van der Waals surface area (Å²) in [6, 6.07) is 0. The Bertz CT molecular complexity index is 267. The maximum Gasteiger partial charge on any atom is 0.231 e. The van der Waals surface area contributed by atoms with Crippen LogP contribution in [0.4, 0.5) is 0 Å². The van der Waals surface area contributed by atoms with E-state index in [1.54, 1.807) is 7.11 Å². The van der Waals surface area contributed by atoms with Crippen LogP contribution in [0.3, 0.4) is 0 Å². The van der Waals surface area contributed by atoms with E-state index in [-0.39, 0.29) is 17.7 Å². The predicted octanol–water partition coefficient (Wildman–Crippen LogP) is 0.938. The Kier molecular flexibility index (Phi) is 9.00. The highest BCUT2D eigenvalue weighted by Gasteiger charge is 2.26. The molecule has 0 aromatic rings. The standard InChI is InChI=1S/C12H25N3O3/c1-9(2)10(11(13)15-17)12(16)14-7-5-4-6-8-18-3/h9-10,17H,4-8H2,1-3H3,(H2,13,15)(H,14,16). The summed E-state index contributed by atoms with van der Waals surface area (Å²) in [5, 5.41) is 14.4. The van der Waals surface area contributed by atoms with E-state index in [9.17, 15) is 4.79 Å². The smallest absolute Gasteiger partial charge is 0.231 e. The van der Waals surface area contributed by atoms with Crippen LogP contribution in [0, 0.1) is 11.8 Å². The van der Waals surface area contributed by atoms with Crippen molar-refractivity contribution in [3.63, 3.8) is 0 Å². The van der Waals surface area contributed by atoms with Crippen molar-refractivity contribution in [1.82, 2.24) is 5.32 Å². The van der Waals surface area contributed by atoms with E-state index in [1.165, 1.54) is 0 Å². The van der Waals surface area contributed by atoms with E-state index in [2.05, 4.69) is 10.5 Å². The van der Waals surface area contributed by atoms with Crippen molar-refractivity contribution in [2.45, 2.75) is 33.1 Å². The molecule has 0 saturated heterocycles. The van der Waals surface area contributed by atoms with Gasteiger partial charge in [0, 0.05) is 20.3 Å². The van der Waals surface area contributed by atoms with Crippen LogP contribution in [0.1, 0.15) is 33.1 Å². The monoisotopic (exact) mass is 259 g/mol. The molecule has 6 heteroatoms. The van der Waals surface area contributed by atoms with Gasteiger partial charge in [0.05, 0.1) is 0 Å². The van der Waals surface area contributed by atoms with E-state index in [0.29, 0.717) is 6.54 Å². The van der Waals surface area contributed by atoms with Crippen LogP contribution < -0.4 is 11.1 Å². The normalized spacial score (nSPS) is 13.7. The lowest BCUT2D eigenvalue weighted by Crippen LogP contribution is -2.42. The summed E-state index contributed by atoms with van der Waals surface area (Å²) in [5.41, 5.74) is 5.51. The molecule has 0 heterocycles. The number of hydrogen-bond acceptors (Lipinski definition) is 4. The van der Waals surface area contributed by atoms with Crippen molar-refractivity contribution < 1.29 is 14.7 Å². The van der Waals surface area contributed by atoms with Crippen LogP contribution in [0.5, 0.6) is 0 Å². The van der Waals surface area contributed by atoms with Gasteiger partial charge in [-0.1, -0.05) is 19.0 Å². The maximum absolute atomic E-state index is 11.9. The fourth-order valence-electron chi connectivity index (χ4n) is 1.71. The number of hydrogen-bond donors (Lipinski definition) is 3. The molecule has 0 aliphatic rings. The molecule has 0 aromatic heterocycles. The molecule has 1 amide bonds. The van der Waals surface area contributed by atoms with E-state index in [1.807, 2.05) is 13.8 Å². The molecule has 0 saturated carbocycles. The first-order valence-corrected chi connectivity index (χ1v) is 6.28. The van der Waals surface area contributed by atoms with Crippen LogP contribution in [-0.4, -0.2) is 37.2 Å². The molecule has 0 fully saturated rings. The van der Waals surface area contributed by atoms with Gasteiger partial charge in [-0.05, 0) is 25.2 Å². The number of methoxy groups -OCH3 is 1.